The van der Waals surface area contributed by atoms with E-state index in [4.69, 9.17) is 4.74 Å². The zero-order valence-electron chi connectivity index (χ0n) is 15.5. The molecule has 0 saturated heterocycles. The van der Waals surface area contributed by atoms with E-state index in [9.17, 15) is 9.90 Å². The molecule has 0 amide bonds. The van der Waals surface area contributed by atoms with Crippen LogP contribution in [0.3, 0.4) is 0 Å². The second-order valence-corrected chi connectivity index (χ2v) is 9.48. The number of hydrogen-bond acceptors (Lipinski definition) is 3. The maximum absolute atomic E-state index is 13.2. The van der Waals surface area contributed by atoms with Crippen molar-refractivity contribution in [3.8, 4) is 0 Å². The first kappa shape index (κ1) is 17.4. The fraction of sp³-hybridized carbons (Fsp3) is 0.950. The van der Waals surface area contributed by atoms with Gasteiger partial charge in [0.05, 0.1) is 5.60 Å². The summed E-state index contributed by atoms with van der Waals surface area (Å²) >= 11 is 0. The molecule has 3 unspecified atom stereocenters. The van der Waals surface area contributed by atoms with Crippen molar-refractivity contribution in [3.63, 3.8) is 0 Å². The lowest BCUT2D eigenvalue weighted by Gasteiger charge is -2.44. The number of ketones is 1. The smallest absolute Gasteiger partial charge is 0.165 e. The van der Waals surface area contributed by atoms with Gasteiger partial charge in [0.15, 0.2) is 5.78 Å². The van der Waals surface area contributed by atoms with Crippen LogP contribution in [0.5, 0.6) is 0 Å². The molecule has 0 aromatic carbocycles. The molecular formula is C20H34O3. The summed E-state index contributed by atoms with van der Waals surface area (Å²) in [5.74, 6) is 1.03. The zero-order chi connectivity index (χ0) is 17.0. The van der Waals surface area contributed by atoms with Gasteiger partial charge in [-0.3, -0.25) is 4.79 Å². The molecule has 3 fully saturated rings. The molecule has 0 heterocycles. The number of rotatable bonds is 5. The Bertz CT molecular complexity index is 452. The molecule has 23 heavy (non-hydrogen) atoms. The number of hydrogen-bond donors (Lipinski definition) is 1. The fourth-order valence-corrected chi connectivity index (χ4v) is 5.76. The summed E-state index contributed by atoms with van der Waals surface area (Å²) in [4.78, 5) is 13.2. The topological polar surface area (TPSA) is 46.5 Å². The predicted octanol–water partition coefficient (Wildman–Crippen LogP) is 3.97. The highest BCUT2D eigenvalue weighted by Crippen LogP contribution is 2.62. The van der Waals surface area contributed by atoms with Gasteiger partial charge in [0.25, 0.3) is 0 Å². The number of ether oxygens (including phenoxy) is 1. The number of Topliss-reactive ketones (excluding diaryl/α,β-unsaturated/α-hetero) is 1. The molecule has 0 aromatic heterocycles. The Morgan fingerprint density at radius 1 is 1.22 bits per heavy atom. The molecule has 0 radical (unpaired) electrons. The molecular weight excluding hydrogens is 288 g/mol. The van der Waals surface area contributed by atoms with Crippen molar-refractivity contribution in [2.45, 2.75) is 84.3 Å². The number of carbonyl (C=O) groups excluding carboxylic acids is 1. The number of methoxy groups -OCH3 is 1. The van der Waals surface area contributed by atoms with Gasteiger partial charge in [-0.2, -0.15) is 0 Å². The molecule has 1 N–H and O–H groups in total. The highest BCUT2D eigenvalue weighted by molar-refractivity contribution is 5.87. The van der Waals surface area contributed by atoms with Crippen LogP contribution in [0.25, 0.3) is 0 Å². The third kappa shape index (κ3) is 2.59. The average Bonchev–Trinajstić information content (AvgIpc) is 3.28. The van der Waals surface area contributed by atoms with Crippen molar-refractivity contribution in [1.29, 1.82) is 0 Å². The van der Waals surface area contributed by atoms with E-state index in [1.54, 1.807) is 0 Å². The molecule has 3 aliphatic rings. The van der Waals surface area contributed by atoms with Crippen LogP contribution < -0.4 is 0 Å². The normalized spacial score (nSPS) is 40.0. The van der Waals surface area contributed by atoms with E-state index in [0.29, 0.717) is 11.8 Å². The zero-order valence-corrected chi connectivity index (χ0v) is 15.5. The quantitative estimate of drug-likeness (QED) is 0.833. The van der Waals surface area contributed by atoms with E-state index in [-0.39, 0.29) is 28.1 Å². The monoisotopic (exact) mass is 322 g/mol. The second kappa shape index (κ2) is 5.56. The molecule has 0 aromatic rings. The highest BCUT2D eigenvalue weighted by atomic mass is 16.5. The molecule has 132 valence electrons. The number of aliphatic hydroxyl groups is 1. The van der Waals surface area contributed by atoms with Gasteiger partial charge in [0.1, 0.15) is 6.10 Å². The Balaban J connectivity index is 1.78. The Hall–Kier alpha value is -0.410. The summed E-state index contributed by atoms with van der Waals surface area (Å²) in [5, 5.41) is 10.9. The lowest BCUT2D eigenvalue weighted by atomic mass is 9.64. The molecule has 0 spiro atoms. The van der Waals surface area contributed by atoms with Crippen LogP contribution in [0, 0.1) is 28.6 Å². The van der Waals surface area contributed by atoms with E-state index in [1.165, 1.54) is 0 Å². The Morgan fingerprint density at radius 2 is 1.74 bits per heavy atom. The van der Waals surface area contributed by atoms with Gasteiger partial charge in [-0.05, 0) is 62.2 Å². The van der Waals surface area contributed by atoms with Crippen LogP contribution >= 0.6 is 0 Å². The van der Waals surface area contributed by atoms with Crippen LogP contribution in [-0.4, -0.2) is 29.7 Å². The largest absolute Gasteiger partial charge is 0.385 e. The Morgan fingerprint density at radius 3 is 2.09 bits per heavy atom. The SMILES string of the molecule is CCC1(OC)CC2CCC(C1)C2C(=O)C(O)C1(C(C)(C)C)CC1. The first-order valence-electron chi connectivity index (χ1n) is 9.47. The molecule has 0 aliphatic heterocycles. The van der Waals surface area contributed by atoms with Crippen LogP contribution in [0.1, 0.15) is 72.6 Å². The van der Waals surface area contributed by atoms with E-state index >= 15 is 0 Å². The van der Waals surface area contributed by atoms with Crippen molar-refractivity contribution < 1.29 is 14.6 Å². The second-order valence-electron chi connectivity index (χ2n) is 9.48. The van der Waals surface area contributed by atoms with Gasteiger partial charge in [0.2, 0.25) is 0 Å². The van der Waals surface area contributed by atoms with Gasteiger partial charge in [-0.15, -0.1) is 0 Å². The molecule has 3 heteroatoms. The van der Waals surface area contributed by atoms with E-state index in [0.717, 1.165) is 44.9 Å². The molecule has 2 bridgehead atoms. The van der Waals surface area contributed by atoms with Crippen molar-refractivity contribution in [3.05, 3.63) is 0 Å². The lowest BCUT2D eigenvalue weighted by Crippen LogP contribution is -2.49. The number of carbonyl (C=O) groups is 1. The molecule has 3 nitrogen and oxygen atoms in total. The van der Waals surface area contributed by atoms with Crippen LogP contribution in [-0.2, 0) is 9.53 Å². The van der Waals surface area contributed by atoms with Crippen LogP contribution in [0.15, 0.2) is 0 Å². The van der Waals surface area contributed by atoms with Crippen molar-refractivity contribution >= 4 is 5.78 Å². The molecule has 3 saturated carbocycles. The minimum absolute atomic E-state index is 0.00447. The first-order valence-corrected chi connectivity index (χ1v) is 9.47. The maximum Gasteiger partial charge on any atom is 0.165 e. The summed E-state index contributed by atoms with van der Waals surface area (Å²) in [6, 6.07) is 0. The van der Waals surface area contributed by atoms with E-state index < -0.39 is 6.10 Å². The lowest BCUT2D eigenvalue weighted by molar-refractivity contribution is -0.147. The third-order valence-electron chi connectivity index (χ3n) is 7.67. The number of aliphatic hydroxyl groups excluding tert-OH is 1. The summed E-state index contributed by atoms with van der Waals surface area (Å²) < 4.78 is 5.86. The van der Waals surface area contributed by atoms with Crippen LogP contribution in [0.2, 0.25) is 0 Å². The third-order valence-corrected chi connectivity index (χ3v) is 7.67. The summed E-state index contributed by atoms with van der Waals surface area (Å²) in [6.07, 6.45) is 6.46. The number of fused-ring (bicyclic) bond motifs is 2. The van der Waals surface area contributed by atoms with Gasteiger partial charge >= 0.3 is 0 Å². The Labute approximate surface area is 141 Å². The summed E-state index contributed by atoms with van der Waals surface area (Å²) in [6.45, 7) is 8.69. The maximum atomic E-state index is 13.2. The molecule has 3 rings (SSSR count). The summed E-state index contributed by atoms with van der Waals surface area (Å²) in [7, 11) is 1.82. The summed E-state index contributed by atoms with van der Waals surface area (Å²) in [5.41, 5.74) is -0.214. The predicted molar refractivity (Wildman–Crippen MR) is 91.1 cm³/mol. The highest BCUT2D eigenvalue weighted by Gasteiger charge is 2.61. The van der Waals surface area contributed by atoms with E-state index in [2.05, 4.69) is 27.7 Å². The standard InChI is InChI=1S/C20H34O3/c1-6-19(23-5)11-13-7-8-14(12-19)15(13)16(21)17(22)20(9-10-20)18(2,3)4/h13-15,17,22H,6-12H2,1-5H3. The van der Waals surface area contributed by atoms with Crippen molar-refractivity contribution in [2.24, 2.45) is 28.6 Å². The minimum Gasteiger partial charge on any atom is -0.385 e. The first-order chi connectivity index (χ1) is 10.7. The Kier molecular flexibility index (Phi) is 4.21. The van der Waals surface area contributed by atoms with Gasteiger partial charge in [0, 0.05) is 18.4 Å². The molecule has 3 atom stereocenters. The van der Waals surface area contributed by atoms with Crippen LogP contribution in [0.4, 0.5) is 0 Å². The average molecular weight is 322 g/mol. The minimum atomic E-state index is -0.771. The van der Waals surface area contributed by atoms with Gasteiger partial charge < -0.3 is 9.84 Å². The van der Waals surface area contributed by atoms with E-state index in [1.807, 2.05) is 7.11 Å². The van der Waals surface area contributed by atoms with Crippen molar-refractivity contribution in [1.82, 2.24) is 0 Å². The fourth-order valence-electron chi connectivity index (χ4n) is 5.76. The molecule has 3 aliphatic carbocycles. The van der Waals surface area contributed by atoms with Crippen molar-refractivity contribution in [2.75, 3.05) is 7.11 Å². The van der Waals surface area contributed by atoms with Gasteiger partial charge in [-0.1, -0.05) is 27.7 Å². The van der Waals surface area contributed by atoms with Gasteiger partial charge in [-0.25, -0.2) is 0 Å².